The van der Waals surface area contributed by atoms with Gasteiger partial charge in [0.15, 0.2) is 0 Å². The van der Waals surface area contributed by atoms with Crippen LogP contribution in [-0.4, -0.2) is 56.9 Å². The normalized spacial score (nSPS) is 19.9. The van der Waals surface area contributed by atoms with Gasteiger partial charge >= 0.3 is 6.09 Å². The lowest BCUT2D eigenvalue weighted by Gasteiger charge is -2.36. The van der Waals surface area contributed by atoms with Crippen molar-refractivity contribution in [3.8, 4) is 0 Å². The fourth-order valence-corrected chi connectivity index (χ4v) is 3.58. The first kappa shape index (κ1) is 20.7. The average molecular weight is 385 g/mol. The quantitative estimate of drug-likeness (QED) is 0.741. The average Bonchev–Trinajstić information content (AvgIpc) is 2.53. The van der Waals surface area contributed by atoms with Gasteiger partial charge in [-0.25, -0.2) is 4.79 Å². The highest BCUT2D eigenvalue weighted by molar-refractivity contribution is 7.86. The zero-order chi connectivity index (χ0) is 19.5. The summed E-state index contributed by atoms with van der Waals surface area (Å²) >= 11 is 0. The second-order valence-corrected chi connectivity index (χ2v) is 8.98. The van der Waals surface area contributed by atoms with Gasteiger partial charge in [0.2, 0.25) is 0 Å². The third kappa shape index (κ3) is 5.69. The zero-order valence-electron chi connectivity index (χ0n) is 15.9. The molecule has 0 bridgehead atoms. The molecule has 0 aliphatic carbocycles. The molecule has 1 aliphatic rings. The van der Waals surface area contributed by atoms with Crippen LogP contribution in [0.4, 0.5) is 4.79 Å². The van der Waals surface area contributed by atoms with Gasteiger partial charge in [-0.1, -0.05) is 17.7 Å². The summed E-state index contributed by atoms with van der Waals surface area (Å²) in [5.74, 6) is 0. The molecule has 0 radical (unpaired) electrons. The lowest BCUT2D eigenvalue weighted by atomic mass is 10.2. The number of carbonyl (C=O) groups excluding carboxylic acids is 1. The molecule has 0 saturated carbocycles. The van der Waals surface area contributed by atoms with Crippen LogP contribution in [0.5, 0.6) is 0 Å². The first-order valence-corrected chi connectivity index (χ1v) is 9.98. The predicted molar refractivity (Wildman–Crippen MR) is 96.5 cm³/mol. The van der Waals surface area contributed by atoms with Gasteiger partial charge in [0.05, 0.1) is 18.0 Å². The molecule has 1 aliphatic heterocycles. The number of rotatable bonds is 4. The van der Waals surface area contributed by atoms with Crippen molar-refractivity contribution >= 4 is 16.2 Å². The van der Waals surface area contributed by atoms with Crippen molar-refractivity contribution in [2.24, 2.45) is 0 Å². The smallest absolute Gasteiger partial charge is 0.410 e. The van der Waals surface area contributed by atoms with E-state index in [1.807, 2.05) is 6.92 Å². The highest BCUT2D eigenvalue weighted by Crippen LogP contribution is 2.20. The first-order valence-electron chi connectivity index (χ1n) is 8.57. The number of amides is 1. The molecule has 1 saturated heterocycles. The van der Waals surface area contributed by atoms with E-state index in [4.69, 9.17) is 13.7 Å². The summed E-state index contributed by atoms with van der Waals surface area (Å²) in [6.07, 6.45) is -1.75. The Morgan fingerprint density at radius 3 is 2.46 bits per heavy atom. The van der Waals surface area contributed by atoms with Crippen LogP contribution >= 0.6 is 0 Å². The summed E-state index contributed by atoms with van der Waals surface area (Å²) in [7, 11) is -3.91. The molecule has 146 valence electrons. The van der Waals surface area contributed by atoms with Crippen LogP contribution in [0.15, 0.2) is 29.2 Å². The first-order chi connectivity index (χ1) is 12.0. The lowest BCUT2D eigenvalue weighted by molar-refractivity contribution is -0.0765. The number of ether oxygens (including phenoxy) is 2. The summed E-state index contributed by atoms with van der Waals surface area (Å²) in [6.45, 7) is 9.77. The Kier molecular flexibility index (Phi) is 6.31. The SMILES string of the molecule is Cc1ccc(S(=O)(=O)OC(C)C2CN(C(=O)OC(C)(C)C)CCO2)cc1. The van der Waals surface area contributed by atoms with Crippen molar-refractivity contribution in [2.45, 2.75) is 57.3 Å². The van der Waals surface area contributed by atoms with Crippen LogP contribution in [0.3, 0.4) is 0 Å². The fourth-order valence-electron chi connectivity index (χ4n) is 2.47. The maximum atomic E-state index is 12.4. The van der Waals surface area contributed by atoms with Crippen molar-refractivity contribution in [3.05, 3.63) is 29.8 Å². The van der Waals surface area contributed by atoms with E-state index < -0.39 is 34.0 Å². The molecule has 2 unspecified atom stereocenters. The molecule has 0 spiro atoms. The Morgan fingerprint density at radius 2 is 1.88 bits per heavy atom. The van der Waals surface area contributed by atoms with Crippen molar-refractivity contribution in [1.82, 2.24) is 4.90 Å². The van der Waals surface area contributed by atoms with Crippen molar-refractivity contribution in [1.29, 1.82) is 0 Å². The minimum absolute atomic E-state index is 0.0924. The molecule has 1 heterocycles. The maximum absolute atomic E-state index is 12.4. The number of nitrogens with zero attached hydrogens (tertiary/aromatic N) is 1. The minimum atomic E-state index is -3.91. The van der Waals surface area contributed by atoms with Crippen LogP contribution in [0.25, 0.3) is 0 Å². The molecule has 0 N–H and O–H groups in total. The van der Waals surface area contributed by atoms with Crippen molar-refractivity contribution in [2.75, 3.05) is 19.7 Å². The molecule has 1 aromatic carbocycles. The third-order valence-electron chi connectivity index (χ3n) is 3.86. The largest absolute Gasteiger partial charge is 0.444 e. The molecule has 2 atom stereocenters. The van der Waals surface area contributed by atoms with Gasteiger partial charge in [-0.3, -0.25) is 4.18 Å². The summed E-state index contributed by atoms with van der Waals surface area (Å²) in [4.78, 5) is 13.8. The van der Waals surface area contributed by atoms with E-state index in [1.165, 1.54) is 17.0 Å². The van der Waals surface area contributed by atoms with E-state index in [0.717, 1.165) is 5.56 Å². The number of carbonyl (C=O) groups is 1. The molecular weight excluding hydrogens is 358 g/mol. The number of aryl methyl sites for hydroxylation is 1. The molecule has 1 amide bonds. The summed E-state index contributed by atoms with van der Waals surface area (Å²) in [5, 5.41) is 0. The van der Waals surface area contributed by atoms with Crippen molar-refractivity contribution < 1.29 is 26.9 Å². The van der Waals surface area contributed by atoms with E-state index in [-0.39, 0.29) is 11.4 Å². The second-order valence-electron chi connectivity index (χ2n) is 7.40. The van der Waals surface area contributed by atoms with Crippen molar-refractivity contribution in [3.63, 3.8) is 0 Å². The van der Waals surface area contributed by atoms with Crippen LogP contribution in [0.1, 0.15) is 33.3 Å². The van der Waals surface area contributed by atoms with E-state index in [0.29, 0.717) is 13.2 Å². The molecule has 2 rings (SSSR count). The molecule has 1 fully saturated rings. The molecular formula is C18H27NO6S. The van der Waals surface area contributed by atoms with Crippen LogP contribution in [0.2, 0.25) is 0 Å². The lowest BCUT2D eigenvalue weighted by Crippen LogP contribution is -2.51. The topological polar surface area (TPSA) is 82.1 Å². The predicted octanol–water partition coefficient (Wildman–Crippen LogP) is 2.72. The molecule has 0 aromatic heterocycles. The van der Waals surface area contributed by atoms with Gasteiger partial charge in [0.1, 0.15) is 17.8 Å². The standard InChI is InChI=1S/C18H27NO6S/c1-13-6-8-15(9-7-13)26(21,22)25-14(2)16-12-19(10-11-23-16)17(20)24-18(3,4)5/h6-9,14,16H,10-12H2,1-5H3. The fraction of sp³-hybridized carbons (Fsp3) is 0.611. The van der Waals surface area contributed by atoms with Crippen LogP contribution in [-0.2, 0) is 23.8 Å². The number of morpholine rings is 1. The Balaban J connectivity index is 2.01. The van der Waals surface area contributed by atoms with Gasteiger partial charge in [-0.05, 0) is 46.8 Å². The van der Waals surface area contributed by atoms with Gasteiger partial charge in [-0.15, -0.1) is 0 Å². The Bertz CT molecular complexity index is 723. The molecule has 8 heteroatoms. The highest BCUT2D eigenvalue weighted by Gasteiger charge is 2.33. The van der Waals surface area contributed by atoms with Crippen LogP contribution < -0.4 is 0 Å². The number of benzene rings is 1. The maximum Gasteiger partial charge on any atom is 0.410 e. The molecule has 26 heavy (non-hydrogen) atoms. The van der Waals surface area contributed by atoms with E-state index in [2.05, 4.69) is 0 Å². The Hall–Kier alpha value is -1.64. The number of hydrogen-bond acceptors (Lipinski definition) is 6. The van der Waals surface area contributed by atoms with Gasteiger partial charge in [-0.2, -0.15) is 8.42 Å². The summed E-state index contributed by atoms with van der Waals surface area (Å²) in [5.41, 5.74) is 0.363. The zero-order valence-corrected chi connectivity index (χ0v) is 16.7. The van der Waals surface area contributed by atoms with E-state index in [9.17, 15) is 13.2 Å². The van der Waals surface area contributed by atoms with Gasteiger partial charge in [0.25, 0.3) is 10.1 Å². The van der Waals surface area contributed by atoms with E-state index in [1.54, 1.807) is 39.8 Å². The minimum Gasteiger partial charge on any atom is -0.444 e. The summed E-state index contributed by atoms with van der Waals surface area (Å²) in [6, 6.07) is 6.43. The number of hydrogen-bond donors (Lipinski definition) is 0. The monoisotopic (exact) mass is 385 g/mol. The van der Waals surface area contributed by atoms with Crippen LogP contribution in [0, 0.1) is 6.92 Å². The van der Waals surface area contributed by atoms with E-state index >= 15 is 0 Å². The third-order valence-corrected chi connectivity index (χ3v) is 5.26. The van der Waals surface area contributed by atoms with Gasteiger partial charge in [0, 0.05) is 6.54 Å². The van der Waals surface area contributed by atoms with Gasteiger partial charge < -0.3 is 14.4 Å². The molecule has 7 nitrogen and oxygen atoms in total. The molecule has 1 aromatic rings. The highest BCUT2D eigenvalue weighted by atomic mass is 32.2. The summed E-state index contributed by atoms with van der Waals surface area (Å²) < 4.78 is 41.1. The Morgan fingerprint density at radius 1 is 1.27 bits per heavy atom. The second kappa shape index (κ2) is 7.94. The Labute approximate surface area is 155 Å².